The molecular weight excluding hydrogens is 400 g/mol. The molecule has 2 amide bonds. The molecule has 0 aromatic heterocycles. The summed E-state index contributed by atoms with van der Waals surface area (Å²) in [7, 11) is 0. The molecule has 3 rings (SSSR count). The van der Waals surface area contributed by atoms with Crippen LogP contribution in [0.25, 0.3) is 0 Å². The Morgan fingerprint density at radius 1 is 1.13 bits per heavy atom. The van der Waals surface area contributed by atoms with Crippen molar-refractivity contribution in [3.8, 4) is 5.75 Å². The highest BCUT2D eigenvalue weighted by molar-refractivity contribution is 6.30. The number of carbonyl (C=O) groups is 2. The second-order valence-corrected chi connectivity index (χ2v) is 8.29. The van der Waals surface area contributed by atoms with E-state index in [2.05, 4.69) is 5.32 Å². The molecule has 0 aliphatic heterocycles. The quantitative estimate of drug-likeness (QED) is 0.673. The lowest BCUT2D eigenvalue weighted by atomic mass is 10.1. The number of carbonyl (C=O) groups excluding carboxylic acids is 2. The lowest BCUT2D eigenvalue weighted by Crippen LogP contribution is -2.50. The average molecular weight is 429 g/mol. The Bertz CT molecular complexity index is 863. The number of aryl methyl sites for hydroxylation is 1. The lowest BCUT2D eigenvalue weighted by molar-refractivity contribution is -0.142. The van der Waals surface area contributed by atoms with Crippen molar-refractivity contribution >= 4 is 23.4 Å². The molecule has 1 fully saturated rings. The number of ether oxygens (including phenoxy) is 1. The van der Waals surface area contributed by atoms with E-state index in [0.29, 0.717) is 17.3 Å². The van der Waals surface area contributed by atoms with Crippen molar-refractivity contribution < 1.29 is 14.3 Å². The topological polar surface area (TPSA) is 58.6 Å². The zero-order chi connectivity index (χ0) is 21.5. The molecule has 0 radical (unpaired) electrons. The smallest absolute Gasteiger partial charge is 0.261 e. The number of hydrogen-bond acceptors (Lipinski definition) is 3. The van der Waals surface area contributed by atoms with Gasteiger partial charge in [-0.2, -0.15) is 0 Å². The van der Waals surface area contributed by atoms with Crippen molar-refractivity contribution in [1.29, 1.82) is 0 Å². The summed E-state index contributed by atoms with van der Waals surface area (Å²) in [4.78, 5) is 27.5. The Balaban J connectivity index is 1.71. The van der Waals surface area contributed by atoms with Gasteiger partial charge in [0.15, 0.2) is 6.61 Å². The van der Waals surface area contributed by atoms with Crippen LogP contribution < -0.4 is 10.1 Å². The molecule has 1 aliphatic rings. The first-order valence-electron chi connectivity index (χ1n) is 10.5. The van der Waals surface area contributed by atoms with Crippen molar-refractivity contribution in [1.82, 2.24) is 10.2 Å². The van der Waals surface area contributed by atoms with Gasteiger partial charge in [-0.15, -0.1) is 0 Å². The van der Waals surface area contributed by atoms with Gasteiger partial charge in [0.1, 0.15) is 11.8 Å². The van der Waals surface area contributed by atoms with Crippen molar-refractivity contribution in [3.05, 3.63) is 64.7 Å². The Morgan fingerprint density at radius 2 is 1.80 bits per heavy atom. The minimum absolute atomic E-state index is 0.115. The van der Waals surface area contributed by atoms with E-state index in [1.165, 1.54) is 0 Å². The molecule has 0 heterocycles. The number of hydrogen-bond donors (Lipinski definition) is 1. The number of halogens is 1. The third-order valence-corrected chi connectivity index (χ3v) is 5.90. The van der Waals surface area contributed by atoms with Crippen LogP contribution in [0.4, 0.5) is 0 Å². The fraction of sp³-hybridized carbons (Fsp3) is 0.417. The van der Waals surface area contributed by atoms with Gasteiger partial charge in [-0.3, -0.25) is 9.59 Å². The summed E-state index contributed by atoms with van der Waals surface area (Å²) < 4.78 is 5.65. The highest BCUT2D eigenvalue weighted by Crippen LogP contribution is 2.20. The monoisotopic (exact) mass is 428 g/mol. The van der Waals surface area contributed by atoms with Crippen LogP contribution in [0.1, 0.15) is 43.7 Å². The van der Waals surface area contributed by atoms with E-state index >= 15 is 0 Å². The largest absolute Gasteiger partial charge is 0.484 e. The summed E-state index contributed by atoms with van der Waals surface area (Å²) >= 11 is 5.90. The van der Waals surface area contributed by atoms with Gasteiger partial charge in [-0.1, -0.05) is 48.7 Å². The van der Waals surface area contributed by atoms with Crippen LogP contribution in [-0.4, -0.2) is 35.4 Å². The molecule has 0 unspecified atom stereocenters. The van der Waals surface area contributed by atoms with Crippen LogP contribution in [0.3, 0.4) is 0 Å². The van der Waals surface area contributed by atoms with E-state index in [9.17, 15) is 9.59 Å². The lowest BCUT2D eigenvalue weighted by Gasteiger charge is -2.30. The summed E-state index contributed by atoms with van der Waals surface area (Å²) in [6.45, 7) is 4.00. The molecule has 0 saturated heterocycles. The maximum absolute atomic E-state index is 13.1. The molecular formula is C24H29ClN2O3. The van der Waals surface area contributed by atoms with Gasteiger partial charge in [-0.05, 0) is 62.1 Å². The standard InChI is InChI=1S/C24H29ClN2O3/c1-17-7-3-4-8-19(17)15-27(18(2)24(29)26-21-9-5-6-10-21)23(28)16-30-22-13-11-20(25)12-14-22/h3-4,7-8,11-14,18,21H,5-6,9-10,15-16H2,1-2H3,(H,26,29)/t18-/m0/s1. The van der Waals surface area contributed by atoms with Crippen LogP contribution in [0, 0.1) is 6.92 Å². The highest BCUT2D eigenvalue weighted by atomic mass is 35.5. The van der Waals surface area contributed by atoms with Gasteiger partial charge >= 0.3 is 0 Å². The molecule has 1 N–H and O–H groups in total. The first-order chi connectivity index (χ1) is 14.4. The zero-order valence-corrected chi connectivity index (χ0v) is 18.3. The minimum atomic E-state index is -0.591. The summed E-state index contributed by atoms with van der Waals surface area (Å²) in [6, 6.07) is 14.4. The maximum Gasteiger partial charge on any atom is 0.261 e. The molecule has 0 bridgehead atoms. The second-order valence-electron chi connectivity index (χ2n) is 7.86. The molecule has 30 heavy (non-hydrogen) atoms. The summed E-state index contributed by atoms with van der Waals surface area (Å²) in [5.41, 5.74) is 2.09. The number of nitrogens with zero attached hydrogens (tertiary/aromatic N) is 1. The van der Waals surface area contributed by atoms with E-state index in [1.807, 2.05) is 31.2 Å². The van der Waals surface area contributed by atoms with Crippen molar-refractivity contribution in [2.45, 2.75) is 58.2 Å². The molecule has 1 atom stereocenters. The number of rotatable bonds is 8. The van der Waals surface area contributed by atoms with Gasteiger partial charge in [0.05, 0.1) is 0 Å². The molecule has 160 valence electrons. The normalized spacial score (nSPS) is 14.9. The van der Waals surface area contributed by atoms with E-state index in [1.54, 1.807) is 36.1 Å². The van der Waals surface area contributed by atoms with E-state index < -0.39 is 6.04 Å². The van der Waals surface area contributed by atoms with Crippen LogP contribution in [0.5, 0.6) is 5.75 Å². The van der Waals surface area contributed by atoms with Gasteiger partial charge < -0.3 is 15.0 Å². The van der Waals surface area contributed by atoms with Crippen molar-refractivity contribution in [3.63, 3.8) is 0 Å². The Kier molecular flexibility index (Phi) is 7.75. The minimum Gasteiger partial charge on any atom is -0.484 e. The molecule has 5 nitrogen and oxygen atoms in total. The summed E-state index contributed by atoms with van der Waals surface area (Å²) in [5, 5.41) is 3.71. The average Bonchev–Trinajstić information content (AvgIpc) is 3.25. The third kappa shape index (κ3) is 5.99. The highest BCUT2D eigenvalue weighted by Gasteiger charge is 2.29. The maximum atomic E-state index is 13.1. The third-order valence-electron chi connectivity index (χ3n) is 5.65. The fourth-order valence-electron chi connectivity index (χ4n) is 3.70. The molecule has 6 heteroatoms. The summed E-state index contributed by atoms with van der Waals surface area (Å²) in [6.07, 6.45) is 4.29. The van der Waals surface area contributed by atoms with Gasteiger partial charge in [-0.25, -0.2) is 0 Å². The van der Waals surface area contributed by atoms with Crippen molar-refractivity contribution in [2.75, 3.05) is 6.61 Å². The van der Waals surface area contributed by atoms with Crippen LogP contribution in [-0.2, 0) is 16.1 Å². The molecule has 0 spiro atoms. The Morgan fingerprint density at radius 3 is 2.47 bits per heavy atom. The molecule has 1 saturated carbocycles. The Hall–Kier alpha value is -2.53. The summed E-state index contributed by atoms with van der Waals surface area (Å²) in [5.74, 6) is 0.212. The van der Waals surface area contributed by atoms with Gasteiger partial charge in [0, 0.05) is 17.6 Å². The Labute approximate surface area is 183 Å². The van der Waals surface area contributed by atoms with E-state index in [0.717, 1.165) is 36.8 Å². The van der Waals surface area contributed by atoms with E-state index in [-0.39, 0.29) is 24.5 Å². The van der Waals surface area contributed by atoms with Crippen molar-refractivity contribution in [2.24, 2.45) is 0 Å². The number of benzene rings is 2. The molecule has 1 aliphatic carbocycles. The zero-order valence-electron chi connectivity index (χ0n) is 17.6. The fourth-order valence-corrected chi connectivity index (χ4v) is 3.83. The van der Waals surface area contributed by atoms with Crippen LogP contribution >= 0.6 is 11.6 Å². The van der Waals surface area contributed by atoms with Gasteiger partial charge in [0.2, 0.25) is 5.91 Å². The molecule has 2 aromatic rings. The predicted octanol–water partition coefficient (Wildman–Crippen LogP) is 4.50. The molecule has 2 aromatic carbocycles. The number of amides is 2. The van der Waals surface area contributed by atoms with Crippen LogP contribution in [0.15, 0.2) is 48.5 Å². The first-order valence-corrected chi connectivity index (χ1v) is 10.8. The second kappa shape index (κ2) is 10.5. The SMILES string of the molecule is Cc1ccccc1CN(C(=O)COc1ccc(Cl)cc1)[C@@H](C)C(=O)NC1CCCC1. The van der Waals surface area contributed by atoms with Crippen LogP contribution in [0.2, 0.25) is 5.02 Å². The van der Waals surface area contributed by atoms with E-state index in [4.69, 9.17) is 16.3 Å². The number of nitrogens with one attached hydrogen (secondary N) is 1. The predicted molar refractivity (Wildman–Crippen MR) is 119 cm³/mol. The van der Waals surface area contributed by atoms with Gasteiger partial charge in [0.25, 0.3) is 5.91 Å². The first kappa shape index (κ1) is 22.2.